The third-order valence-electron chi connectivity index (χ3n) is 2.58. The molecule has 4 nitrogen and oxygen atoms in total. The normalized spacial score (nSPS) is 12.7. The predicted octanol–water partition coefficient (Wildman–Crippen LogP) is 1.20. The lowest BCUT2D eigenvalue weighted by molar-refractivity contribution is -0.138. The van der Waals surface area contributed by atoms with Gasteiger partial charge in [-0.15, -0.1) is 0 Å². The molecule has 0 heterocycles. The van der Waals surface area contributed by atoms with E-state index in [-0.39, 0.29) is 0 Å². The first-order chi connectivity index (χ1) is 8.40. The molecule has 0 aliphatic heterocycles. The highest BCUT2D eigenvalue weighted by Gasteiger charge is 2.12. The monoisotopic (exact) mass is 258 g/mol. The number of aliphatic carboxylic acids is 1. The van der Waals surface area contributed by atoms with E-state index in [9.17, 15) is 13.6 Å². The molecule has 0 radical (unpaired) electrons. The highest BCUT2D eigenvalue weighted by molar-refractivity contribution is 5.72. The van der Waals surface area contributed by atoms with Crippen LogP contribution >= 0.6 is 0 Å². The second kappa shape index (κ2) is 6.42. The average molecular weight is 258 g/mol. The third-order valence-corrected chi connectivity index (χ3v) is 2.58. The molecule has 3 N–H and O–H groups in total. The van der Waals surface area contributed by atoms with Gasteiger partial charge in [0.15, 0.2) is 11.6 Å². The quantitative estimate of drug-likeness (QED) is 0.804. The minimum atomic E-state index is -1.05. The molecular formula is C12H16F2N2O2. The van der Waals surface area contributed by atoms with Crippen molar-refractivity contribution in [3.8, 4) is 0 Å². The van der Waals surface area contributed by atoms with E-state index in [0.717, 1.165) is 12.1 Å². The van der Waals surface area contributed by atoms with Crippen LogP contribution in [0.2, 0.25) is 0 Å². The van der Waals surface area contributed by atoms with E-state index in [0.29, 0.717) is 25.1 Å². The first-order valence-corrected chi connectivity index (χ1v) is 5.51. The van der Waals surface area contributed by atoms with Crippen LogP contribution in [0.3, 0.4) is 0 Å². The minimum Gasteiger partial charge on any atom is -0.480 e. The van der Waals surface area contributed by atoms with E-state index in [1.54, 1.807) is 11.9 Å². The summed E-state index contributed by atoms with van der Waals surface area (Å²) in [6.45, 7) is 0.871. The smallest absolute Gasteiger partial charge is 0.320 e. The molecular weight excluding hydrogens is 242 g/mol. The number of rotatable bonds is 6. The summed E-state index contributed by atoms with van der Waals surface area (Å²) in [6, 6.07) is 2.79. The minimum absolute atomic E-state index is 0.301. The van der Waals surface area contributed by atoms with Gasteiger partial charge in [-0.25, -0.2) is 8.78 Å². The lowest BCUT2D eigenvalue weighted by atomic mass is 10.2. The highest BCUT2D eigenvalue weighted by Crippen LogP contribution is 2.10. The predicted molar refractivity (Wildman–Crippen MR) is 62.9 cm³/mol. The number of nitrogens with two attached hydrogens (primary N) is 1. The number of hydrogen-bond donors (Lipinski definition) is 2. The number of nitrogens with zero attached hydrogens (tertiary/aromatic N) is 1. The van der Waals surface area contributed by atoms with E-state index in [2.05, 4.69) is 0 Å². The molecule has 6 heteroatoms. The van der Waals surface area contributed by atoms with E-state index in [1.165, 1.54) is 6.07 Å². The summed E-state index contributed by atoms with van der Waals surface area (Å²) < 4.78 is 25.7. The van der Waals surface area contributed by atoms with Crippen LogP contribution in [0.15, 0.2) is 18.2 Å². The number of hydrogen-bond acceptors (Lipinski definition) is 3. The third kappa shape index (κ3) is 4.38. The lowest BCUT2D eigenvalue weighted by Gasteiger charge is -2.17. The molecule has 0 bridgehead atoms. The maximum absolute atomic E-state index is 13.0. The van der Waals surface area contributed by atoms with Gasteiger partial charge in [0.25, 0.3) is 0 Å². The fraction of sp³-hybridized carbons (Fsp3) is 0.417. The summed E-state index contributed by atoms with van der Waals surface area (Å²) in [5.41, 5.74) is 5.99. The molecule has 0 saturated carbocycles. The Morgan fingerprint density at radius 1 is 1.44 bits per heavy atom. The topological polar surface area (TPSA) is 66.6 Å². The Balaban J connectivity index is 2.46. The second-order valence-electron chi connectivity index (χ2n) is 4.22. The molecule has 0 aliphatic rings. The number of carbonyl (C=O) groups is 1. The van der Waals surface area contributed by atoms with E-state index < -0.39 is 23.6 Å². The molecule has 1 aromatic rings. The van der Waals surface area contributed by atoms with Gasteiger partial charge < -0.3 is 15.7 Å². The number of halogens is 2. The summed E-state index contributed by atoms with van der Waals surface area (Å²) in [4.78, 5) is 12.3. The van der Waals surface area contributed by atoms with Crippen molar-refractivity contribution in [2.24, 2.45) is 5.73 Å². The van der Waals surface area contributed by atoms with Crippen molar-refractivity contribution in [2.45, 2.75) is 19.0 Å². The number of carboxylic acid groups (broad SMARTS) is 1. The standard InChI is InChI=1S/C12H16F2N2O2/c1-16(5-4-11(15)12(17)18)7-8-2-3-9(13)10(14)6-8/h2-3,6,11H,4-5,7,15H2,1H3,(H,17,18). The summed E-state index contributed by atoms with van der Waals surface area (Å²) in [5.74, 6) is -2.81. The summed E-state index contributed by atoms with van der Waals surface area (Å²) in [7, 11) is 1.76. The number of carboxylic acids is 1. The van der Waals surface area contributed by atoms with Crippen molar-refractivity contribution in [3.63, 3.8) is 0 Å². The van der Waals surface area contributed by atoms with Gasteiger partial charge in [-0.2, -0.15) is 0 Å². The lowest BCUT2D eigenvalue weighted by Crippen LogP contribution is -2.34. The molecule has 0 saturated heterocycles. The molecule has 100 valence electrons. The van der Waals surface area contributed by atoms with Crippen LogP contribution in [0.25, 0.3) is 0 Å². The van der Waals surface area contributed by atoms with Gasteiger partial charge in [-0.3, -0.25) is 4.79 Å². The molecule has 18 heavy (non-hydrogen) atoms. The zero-order chi connectivity index (χ0) is 13.7. The zero-order valence-corrected chi connectivity index (χ0v) is 10.1. The average Bonchev–Trinajstić information content (AvgIpc) is 2.30. The second-order valence-corrected chi connectivity index (χ2v) is 4.22. The van der Waals surface area contributed by atoms with E-state index in [1.807, 2.05) is 0 Å². The Labute approximate surface area is 104 Å². The van der Waals surface area contributed by atoms with Crippen molar-refractivity contribution in [2.75, 3.05) is 13.6 Å². The van der Waals surface area contributed by atoms with Crippen LogP contribution in [0.1, 0.15) is 12.0 Å². The Morgan fingerprint density at radius 3 is 2.67 bits per heavy atom. The van der Waals surface area contributed by atoms with Gasteiger partial charge in [-0.1, -0.05) is 6.07 Å². The van der Waals surface area contributed by atoms with E-state index >= 15 is 0 Å². The zero-order valence-electron chi connectivity index (χ0n) is 10.1. The van der Waals surface area contributed by atoms with Crippen LogP contribution in [0.4, 0.5) is 8.78 Å². The van der Waals surface area contributed by atoms with Crippen molar-refractivity contribution in [3.05, 3.63) is 35.4 Å². The summed E-state index contributed by atoms with van der Waals surface area (Å²) in [6.07, 6.45) is 0.301. The van der Waals surface area contributed by atoms with Gasteiger partial charge in [0.2, 0.25) is 0 Å². The fourth-order valence-electron chi connectivity index (χ4n) is 1.51. The van der Waals surface area contributed by atoms with Crippen molar-refractivity contribution < 1.29 is 18.7 Å². The van der Waals surface area contributed by atoms with Gasteiger partial charge in [-0.05, 0) is 31.2 Å². The molecule has 0 aromatic heterocycles. The Hall–Kier alpha value is -1.53. The highest BCUT2D eigenvalue weighted by atomic mass is 19.2. The molecule has 1 rings (SSSR count). The van der Waals surface area contributed by atoms with Crippen LogP contribution in [-0.2, 0) is 11.3 Å². The molecule has 0 aliphatic carbocycles. The van der Waals surface area contributed by atoms with Crippen LogP contribution in [0.5, 0.6) is 0 Å². The van der Waals surface area contributed by atoms with Gasteiger partial charge in [0.05, 0.1) is 0 Å². The molecule has 1 unspecified atom stereocenters. The largest absolute Gasteiger partial charge is 0.480 e. The molecule has 1 atom stereocenters. The molecule has 0 amide bonds. The maximum atomic E-state index is 13.0. The van der Waals surface area contributed by atoms with Crippen LogP contribution in [0, 0.1) is 11.6 Å². The van der Waals surface area contributed by atoms with Crippen molar-refractivity contribution >= 4 is 5.97 Å². The van der Waals surface area contributed by atoms with E-state index in [4.69, 9.17) is 10.8 Å². The van der Waals surface area contributed by atoms with Crippen molar-refractivity contribution in [1.29, 1.82) is 0 Å². The fourth-order valence-corrected chi connectivity index (χ4v) is 1.51. The SMILES string of the molecule is CN(CCC(N)C(=O)O)Cc1ccc(F)c(F)c1. The number of benzene rings is 1. The first kappa shape index (κ1) is 14.5. The van der Waals surface area contributed by atoms with Gasteiger partial charge in [0.1, 0.15) is 6.04 Å². The Bertz CT molecular complexity index is 427. The summed E-state index contributed by atoms with van der Waals surface area (Å²) >= 11 is 0. The van der Waals surface area contributed by atoms with Crippen molar-refractivity contribution in [1.82, 2.24) is 4.90 Å². The van der Waals surface area contributed by atoms with Crippen LogP contribution in [-0.4, -0.2) is 35.6 Å². The van der Waals surface area contributed by atoms with Gasteiger partial charge >= 0.3 is 5.97 Å². The van der Waals surface area contributed by atoms with Gasteiger partial charge in [0, 0.05) is 13.1 Å². The molecule has 1 aromatic carbocycles. The molecule has 0 fully saturated rings. The Kier molecular flexibility index (Phi) is 5.18. The summed E-state index contributed by atoms with van der Waals surface area (Å²) in [5, 5.41) is 8.62. The molecule has 0 spiro atoms. The Morgan fingerprint density at radius 2 is 2.11 bits per heavy atom. The van der Waals surface area contributed by atoms with Crippen LogP contribution < -0.4 is 5.73 Å². The maximum Gasteiger partial charge on any atom is 0.320 e. The first-order valence-electron chi connectivity index (χ1n) is 5.51.